The van der Waals surface area contributed by atoms with E-state index in [1.165, 1.54) is 0 Å². The van der Waals surface area contributed by atoms with Crippen LogP contribution < -0.4 is 5.32 Å². The number of anilines is 1. The summed E-state index contributed by atoms with van der Waals surface area (Å²) in [4.78, 5) is 32.6. The van der Waals surface area contributed by atoms with Crippen LogP contribution in [0.5, 0.6) is 0 Å². The van der Waals surface area contributed by atoms with Crippen molar-refractivity contribution in [3.05, 3.63) is 69.3 Å². The molecule has 4 rings (SSSR count). The fourth-order valence-electron chi connectivity index (χ4n) is 3.91. The molecular weight excluding hydrogens is 449 g/mol. The molecule has 0 atom stereocenters. The van der Waals surface area contributed by atoms with Crippen molar-refractivity contribution in [2.24, 2.45) is 0 Å². The molecule has 6 nitrogen and oxygen atoms in total. The van der Waals surface area contributed by atoms with Crippen LogP contribution in [0, 0.1) is 0 Å². The van der Waals surface area contributed by atoms with Gasteiger partial charge >= 0.3 is 5.97 Å². The zero-order chi connectivity index (χ0) is 22.8. The SMILES string of the molecule is CC(C)N1CCc2nc3ccccc3c(C(=O)OCC(=O)Nc3cc(Cl)cc(Cl)c3)c2C1. The second kappa shape index (κ2) is 9.45. The van der Waals surface area contributed by atoms with Gasteiger partial charge in [0.25, 0.3) is 5.91 Å². The Labute approximate surface area is 196 Å². The fraction of sp³-hybridized carbons (Fsp3) is 0.292. The number of fused-ring (bicyclic) bond motifs is 2. The highest BCUT2D eigenvalue weighted by atomic mass is 35.5. The summed E-state index contributed by atoms with van der Waals surface area (Å²) in [5.74, 6) is -1.02. The van der Waals surface area contributed by atoms with Crippen molar-refractivity contribution >= 4 is 51.7 Å². The molecule has 0 fully saturated rings. The normalized spacial score (nSPS) is 13.8. The van der Waals surface area contributed by atoms with Crippen LogP contribution in [0.15, 0.2) is 42.5 Å². The number of nitrogens with zero attached hydrogens (tertiary/aromatic N) is 2. The predicted molar refractivity (Wildman–Crippen MR) is 126 cm³/mol. The van der Waals surface area contributed by atoms with E-state index in [4.69, 9.17) is 32.9 Å². The molecule has 1 amide bonds. The standard InChI is InChI=1S/C24H23Cl2N3O3/c1-14(2)29-8-7-21-19(12-29)23(18-5-3-4-6-20(18)28-21)24(31)32-13-22(30)27-17-10-15(25)9-16(26)11-17/h3-6,9-11,14H,7-8,12-13H2,1-2H3,(H,27,30). The van der Waals surface area contributed by atoms with Gasteiger partial charge in [-0.1, -0.05) is 41.4 Å². The second-order valence-electron chi connectivity index (χ2n) is 8.03. The molecule has 0 saturated heterocycles. The minimum Gasteiger partial charge on any atom is -0.452 e. The van der Waals surface area contributed by atoms with Gasteiger partial charge in [0.2, 0.25) is 0 Å². The van der Waals surface area contributed by atoms with E-state index in [2.05, 4.69) is 24.1 Å². The van der Waals surface area contributed by atoms with Crippen LogP contribution in [0.4, 0.5) is 5.69 Å². The van der Waals surface area contributed by atoms with Crippen molar-refractivity contribution in [2.45, 2.75) is 32.9 Å². The second-order valence-corrected chi connectivity index (χ2v) is 8.90. The summed E-state index contributed by atoms with van der Waals surface area (Å²) in [6.07, 6.45) is 0.759. The number of nitrogens with one attached hydrogen (secondary N) is 1. The van der Waals surface area contributed by atoms with Gasteiger partial charge in [0.05, 0.1) is 11.1 Å². The molecule has 0 saturated carbocycles. The summed E-state index contributed by atoms with van der Waals surface area (Å²) in [5, 5.41) is 4.17. The van der Waals surface area contributed by atoms with Crippen LogP contribution in [0.1, 0.15) is 35.5 Å². The number of carbonyl (C=O) groups excluding carboxylic acids is 2. The third-order valence-corrected chi connectivity index (χ3v) is 5.93. The first-order chi connectivity index (χ1) is 15.3. The van der Waals surface area contributed by atoms with Gasteiger partial charge in [-0.05, 0) is 38.1 Å². The van der Waals surface area contributed by atoms with Crippen LogP contribution >= 0.6 is 23.2 Å². The number of carbonyl (C=O) groups is 2. The molecular formula is C24H23Cl2N3O3. The number of halogens is 2. The van der Waals surface area contributed by atoms with E-state index >= 15 is 0 Å². The van der Waals surface area contributed by atoms with Gasteiger partial charge in [-0.15, -0.1) is 0 Å². The highest BCUT2D eigenvalue weighted by molar-refractivity contribution is 6.35. The number of rotatable bonds is 5. The molecule has 1 N–H and O–H groups in total. The largest absolute Gasteiger partial charge is 0.452 e. The number of hydrogen-bond donors (Lipinski definition) is 1. The summed E-state index contributed by atoms with van der Waals surface area (Å²) < 4.78 is 5.43. The first kappa shape index (κ1) is 22.5. The van der Waals surface area contributed by atoms with Crippen LogP contribution in [0.2, 0.25) is 10.0 Å². The molecule has 166 valence electrons. The predicted octanol–water partition coefficient (Wildman–Crippen LogP) is 5.10. The number of esters is 1. The van der Waals surface area contributed by atoms with Crippen molar-refractivity contribution in [3.8, 4) is 0 Å². The van der Waals surface area contributed by atoms with E-state index in [1.54, 1.807) is 18.2 Å². The Morgan fingerprint density at radius 2 is 1.88 bits per heavy atom. The quantitative estimate of drug-likeness (QED) is 0.523. The lowest BCUT2D eigenvalue weighted by Gasteiger charge is -2.32. The third kappa shape index (κ3) is 4.88. The molecule has 0 bridgehead atoms. The molecule has 0 spiro atoms. The first-order valence-corrected chi connectivity index (χ1v) is 11.1. The van der Waals surface area contributed by atoms with E-state index in [9.17, 15) is 9.59 Å². The summed E-state index contributed by atoms with van der Waals surface area (Å²) in [6.45, 7) is 5.33. The zero-order valence-corrected chi connectivity index (χ0v) is 19.3. The van der Waals surface area contributed by atoms with Crippen molar-refractivity contribution in [1.29, 1.82) is 0 Å². The van der Waals surface area contributed by atoms with Gasteiger partial charge in [0.1, 0.15) is 0 Å². The highest BCUT2D eigenvalue weighted by Crippen LogP contribution is 2.29. The number of benzene rings is 2. The molecule has 1 aliphatic rings. The molecule has 0 radical (unpaired) electrons. The maximum atomic E-state index is 13.2. The molecule has 2 aromatic carbocycles. The number of amides is 1. The van der Waals surface area contributed by atoms with Crippen LogP contribution in [0.25, 0.3) is 10.9 Å². The minimum atomic E-state index is -0.537. The molecule has 0 unspecified atom stereocenters. The maximum Gasteiger partial charge on any atom is 0.339 e. The van der Waals surface area contributed by atoms with Crippen LogP contribution in [0.3, 0.4) is 0 Å². The van der Waals surface area contributed by atoms with E-state index in [0.29, 0.717) is 33.9 Å². The van der Waals surface area contributed by atoms with Crippen LogP contribution in [-0.2, 0) is 22.5 Å². The number of hydrogen-bond acceptors (Lipinski definition) is 5. The van der Waals surface area contributed by atoms with Crippen molar-refractivity contribution in [3.63, 3.8) is 0 Å². The Morgan fingerprint density at radius 1 is 1.16 bits per heavy atom. The van der Waals surface area contributed by atoms with Gasteiger partial charge in [0.15, 0.2) is 6.61 Å². The molecule has 32 heavy (non-hydrogen) atoms. The number of aromatic nitrogens is 1. The van der Waals surface area contributed by atoms with Gasteiger partial charge in [-0.3, -0.25) is 14.7 Å². The lowest BCUT2D eigenvalue weighted by Crippen LogP contribution is -2.37. The summed E-state index contributed by atoms with van der Waals surface area (Å²) in [6, 6.07) is 12.6. The number of ether oxygens (including phenoxy) is 1. The van der Waals surface area contributed by atoms with Gasteiger partial charge in [-0.2, -0.15) is 0 Å². The molecule has 1 aliphatic heterocycles. The fourth-order valence-corrected chi connectivity index (χ4v) is 4.44. The lowest BCUT2D eigenvalue weighted by molar-refractivity contribution is -0.119. The summed E-state index contributed by atoms with van der Waals surface area (Å²) in [7, 11) is 0. The zero-order valence-electron chi connectivity index (χ0n) is 17.8. The molecule has 0 aliphatic carbocycles. The Morgan fingerprint density at radius 3 is 2.59 bits per heavy atom. The molecule has 8 heteroatoms. The maximum absolute atomic E-state index is 13.2. The van der Waals surface area contributed by atoms with Crippen molar-refractivity contribution < 1.29 is 14.3 Å². The number of pyridine rings is 1. The first-order valence-electron chi connectivity index (χ1n) is 10.4. The van der Waals surface area contributed by atoms with E-state index < -0.39 is 18.5 Å². The van der Waals surface area contributed by atoms with Crippen molar-refractivity contribution in [1.82, 2.24) is 9.88 Å². The van der Waals surface area contributed by atoms with Crippen LogP contribution in [-0.4, -0.2) is 41.0 Å². The van der Waals surface area contributed by atoms with Gasteiger partial charge < -0.3 is 10.1 Å². The molecule has 3 aromatic rings. The monoisotopic (exact) mass is 471 g/mol. The third-order valence-electron chi connectivity index (χ3n) is 5.49. The lowest BCUT2D eigenvalue weighted by atomic mass is 9.95. The Balaban J connectivity index is 1.57. The topological polar surface area (TPSA) is 71.5 Å². The Kier molecular flexibility index (Phi) is 6.65. The van der Waals surface area contributed by atoms with Gasteiger partial charge in [0, 0.05) is 57.9 Å². The van der Waals surface area contributed by atoms with E-state index in [-0.39, 0.29) is 0 Å². The Hall–Kier alpha value is -2.67. The van der Waals surface area contributed by atoms with Crippen molar-refractivity contribution in [2.75, 3.05) is 18.5 Å². The number of para-hydroxylation sites is 1. The average molecular weight is 472 g/mol. The van der Waals surface area contributed by atoms with Gasteiger partial charge in [-0.25, -0.2) is 4.79 Å². The highest BCUT2D eigenvalue weighted by Gasteiger charge is 2.27. The average Bonchev–Trinajstić information content (AvgIpc) is 2.74. The van der Waals surface area contributed by atoms with E-state index in [0.717, 1.165) is 35.1 Å². The smallest absolute Gasteiger partial charge is 0.339 e. The summed E-state index contributed by atoms with van der Waals surface area (Å²) in [5.41, 5.74) is 3.44. The molecule has 1 aromatic heterocycles. The van der Waals surface area contributed by atoms with E-state index in [1.807, 2.05) is 24.3 Å². The molecule has 2 heterocycles. The minimum absolute atomic E-state index is 0.341. The Bertz CT molecular complexity index is 1180. The summed E-state index contributed by atoms with van der Waals surface area (Å²) >= 11 is 11.9.